The lowest BCUT2D eigenvalue weighted by atomic mass is 10.1. The third kappa shape index (κ3) is 6.34. The van der Waals surface area contributed by atoms with E-state index in [0.717, 1.165) is 28.3 Å². The van der Waals surface area contributed by atoms with E-state index in [9.17, 15) is 4.39 Å². The van der Waals surface area contributed by atoms with E-state index in [1.54, 1.807) is 13.1 Å². The topological polar surface area (TPSA) is 71.7 Å². The average molecular weight is 410 g/mol. The Morgan fingerprint density at radius 1 is 1.07 bits per heavy atom. The van der Waals surface area contributed by atoms with Crippen LogP contribution < -0.4 is 15.4 Å². The van der Waals surface area contributed by atoms with Crippen molar-refractivity contribution in [2.24, 2.45) is 4.99 Å². The highest BCUT2D eigenvalue weighted by Gasteiger charge is 2.08. The lowest BCUT2D eigenvalue weighted by Gasteiger charge is -2.11. The van der Waals surface area contributed by atoms with Crippen molar-refractivity contribution in [3.63, 3.8) is 0 Å². The minimum absolute atomic E-state index is 0.261. The number of hydrogen-bond donors (Lipinski definition) is 2. The third-order valence-corrected chi connectivity index (χ3v) is 4.50. The van der Waals surface area contributed by atoms with Gasteiger partial charge in [-0.2, -0.15) is 0 Å². The summed E-state index contributed by atoms with van der Waals surface area (Å²) in [7, 11) is 1.72. The second-order valence-corrected chi connectivity index (χ2v) is 7.21. The quantitative estimate of drug-likeness (QED) is 0.426. The highest BCUT2D eigenvalue weighted by molar-refractivity contribution is 5.79. The van der Waals surface area contributed by atoms with Crippen molar-refractivity contribution in [1.82, 2.24) is 15.8 Å². The fourth-order valence-corrected chi connectivity index (χ4v) is 2.76. The maximum Gasteiger partial charge on any atom is 0.191 e. The number of ether oxygens (including phenoxy) is 1. The fraction of sp³-hybridized carbons (Fsp3) is 0.304. The molecule has 0 bridgehead atoms. The number of halogens is 1. The van der Waals surface area contributed by atoms with Gasteiger partial charge in [0, 0.05) is 19.7 Å². The molecule has 0 fully saturated rings. The summed E-state index contributed by atoms with van der Waals surface area (Å²) in [4.78, 5) is 4.22. The summed E-state index contributed by atoms with van der Waals surface area (Å²) in [5, 5.41) is 10.5. The summed E-state index contributed by atoms with van der Waals surface area (Å²) >= 11 is 0. The molecule has 0 aliphatic carbocycles. The summed E-state index contributed by atoms with van der Waals surface area (Å²) in [6, 6.07) is 16.1. The number of nitrogens with one attached hydrogen (secondary N) is 2. The van der Waals surface area contributed by atoms with Gasteiger partial charge in [0.05, 0.1) is 12.2 Å². The molecule has 30 heavy (non-hydrogen) atoms. The van der Waals surface area contributed by atoms with Crippen LogP contribution >= 0.6 is 0 Å². The lowest BCUT2D eigenvalue weighted by molar-refractivity contribution is 0.305. The number of aromatic nitrogens is 1. The first-order chi connectivity index (χ1) is 14.5. The Morgan fingerprint density at radius 2 is 1.83 bits per heavy atom. The SMILES string of the molecule is CN=C(NCc1ccc(OCc2cccc(F)c2)cc1)NCc1cc(C(C)C)no1. The van der Waals surface area contributed by atoms with Crippen molar-refractivity contribution in [2.75, 3.05) is 7.05 Å². The van der Waals surface area contributed by atoms with Crippen molar-refractivity contribution >= 4 is 5.96 Å². The van der Waals surface area contributed by atoms with E-state index >= 15 is 0 Å². The molecule has 2 N–H and O–H groups in total. The van der Waals surface area contributed by atoms with E-state index in [-0.39, 0.29) is 5.82 Å². The summed E-state index contributed by atoms with van der Waals surface area (Å²) in [6.07, 6.45) is 0. The molecule has 3 rings (SSSR count). The Labute approximate surface area is 176 Å². The van der Waals surface area contributed by atoms with Crippen LogP contribution in [0.2, 0.25) is 0 Å². The van der Waals surface area contributed by atoms with Crippen LogP contribution in [0.15, 0.2) is 64.1 Å². The smallest absolute Gasteiger partial charge is 0.191 e. The first kappa shape index (κ1) is 21.4. The van der Waals surface area contributed by atoms with Gasteiger partial charge < -0.3 is 19.9 Å². The molecule has 0 amide bonds. The standard InChI is InChI=1S/C23H27FN4O2/c1-16(2)22-12-21(30-28-22)14-27-23(25-3)26-13-17-7-9-20(10-8-17)29-15-18-5-4-6-19(24)11-18/h4-12,16H,13-15H2,1-3H3,(H2,25,26,27). The largest absolute Gasteiger partial charge is 0.489 e. The molecule has 1 heterocycles. The van der Waals surface area contributed by atoms with Gasteiger partial charge in [-0.1, -0.05) is 43.3 Å². The number of aliphatic imine (C=N–C) groups is 1. The molecule has 0 saturated carbocycles. The van der Waals surface area contributed by atoms with Crippen LogP contribution in [-0.2, 0) is 19.7 Å². The van der Waals surface area contributed by atoms with E-state index in [1.165, 1.54) is 12.1 Å². The van der Waals surface area contributed by atoms with Gasteiger partial charge in [-0.05, 0) is 41.3 Å². The van der Waals surface area contributed by atoms with Crippen LogP contribution in [0.4, 0.5) is 4.39 Å². The molecule has 7 heteroatoms. The van der Waals surface area contributed by atoms with Crippen molar-refractivity contribution in [2.45, 2.75) is 39.5 Å². The first-order valence-corrected chi connectivity index (χ1v) is 9.89. The Bertz CT molecular complexity index is 967. The average Bonchev–Trinajstić information content (AvgIpc) is 3.23. The minimum Gasteiger partial charge on any atom is -0.489 e. The lowest BCUT2D eigenvalue weighted by Crippen LogP contribution is -2.36. The molecule has 3 aromatic rings. The number of guanidine groups is 1. The van der Waals surface area contributed by atoms with Crippen LogP contribution in [0.1, 0.15) is 42.3 Å². The first-order valence-electron chi connectivity index (χ1n) is 9.89. The minimum atomic E-state index is -0.261. The molecule has 6 nitrogen and oxygen atoms in total. The van der Waals surface area contributed by atoms with Crippen molar-refractivity contribution in [1.29, 1.82) is 0 Å². The van der Waals surface area contributed by atoms with Crippen LogP contribution in [0, 0.1) is 5.82 Å². The zero-order chi connectivity index (χ0) is 21.3. The van der Waals surface area contributed by atoms with Crippen LogP contribution in [0.3, 0.4) is 0 Å². The molecule has 0 spiro atoms. The molecule has 0 radical (unpaired) electrons. The monoisotopic (exact) mass is 410 g/mol. The molecule has 2 aromatic carbocycles. The summed E-state index contributed by atoms with van der Waals surface area (Å²) in [5.41, 5.74) is 2.81. The Kier molecular flexibility index (Phi) is 7.43. The van der Waals surface area contributed by atoms with Gasteiger partial charge in [0.1, 0.15) is 18.2 Å². The zero-order valence-corrected chi connectivity index (χ0v) is 17.5. The Balaban J connectivity index is 1.44. The van der Waals surface area contributed by atoms with Gasteiger partial charge in [0.25, 0.3) is 0 Å². The van der Waals surface area contributed by atoms with Crippen LogP contribution in [-0.4, -0.2) is 18.2 Å². The fourth-order valence-electron chi connectivity index (χ4n) is 2.76. The number of nitrogens with zero attached hydrogens (tertiary/aromatic N) is 2. The summed E-state index contributed by atoms with van der Waals surface area (Å²) < 4.78 is 24.3. The van der Waals surface area contributed by atoms with Crippen molar-refractivity contribution in [3.05, 3.63) is 83.0 Å². The number of benzene rings is 2. The predicted molar refractivity (Wildman–Crippen MR) is 115 cm³/mol. The molecule has 0 saturated heterocycles. The molecule has 0 aliphatic rings. The van der Waals surface area contributed by atoms with E-state index in [2.05, 4.69) is 34.6 Å². The molecule has 0 atom stereocenters. The molecule has 158 valence electrons. The normalized spacial score (nSPS) is 11.6. The van der Waals surface area contributed by atoms with Crippen LogP contribution in [0.25, 0.3) is 0 Å². The second kappa shape index (κ2) is 10.4. The van der Waals surface area contributed by atoms with Crippen molar-refractivity contribution in [3.8, 4) is 5.75 Å². The maximum absolute atomic E-state index is 13.2. The number of hydrogen-bond acceptors (Lipinski definition) is 4. The maximum atomic E-state index is 13.2. The van der Waals surface area contributed by atoms with Gasteiger partial charge in [0.2, 0.25) is 0 Å². The van der Waals surface area contributed by atoms with E-state index in [1.807, 2.05) is 36.4 Å². The second-order valence-electron chi connectivity index (χ2n) is 7.21. The van der Waals surface area contributed by atoms with Gasteiger partial charge in [0.15, 0.2) is 11.7 Å². The summed E-state index contributed by atoms with van der Waals surface area (Å²) in [6.45, 7) is 5.59. The molecule has 0 unspecified atom stereocenters. The van der Waals surface area contributed by atoms with Crippen molar-refractivity contribution < 1.29 is 13.7 Å². The highest BCUT2D eigenvalue weighted by Crippen LogP contribution is 2.15. The van der Waals surface area contributed by atoms with Crippen LogP contribution in [0.5, 0.6) is 5.75 Å². The van der Waals surface area contributed by atoms with E-state index < -0.39 is 0 Å². The van der Waals surface area contributed by atoms with Gasteiger partial charge in [-0.3, -0.25) is 4.99 Å². The predicted octanol–water partition coefficient (Wildman–Crippen LogP) is 4.38. The van der Waals surface area contributed by atoms with E-state index in [4.69, 9.17) is 9.26 Å². The third-order valence-electron chi connectivity index (χ3n) is 4.50. The Hall–Kier alpha value is -3.35. The Morgan fingerprint density at radius 3 is 2.50 bits per heavy atom. The summed E-state index contributed by atoms with van der Waals surface area (Å²) in [5.74, 6) is 2.24. The van der Waals surface area contributed by atoms with Gasteiger partial charge in [-0.25, -0.2) is 4.39 Å². The molecule has 1 aromatic heterocycles. The number of rotatable bonds is 8. The van der Waals surface area contributed by atoms with Gasteiger partial charge >= 0.3 is 0 Å². The van der Waals surface area contributed by atoms with E-state index in [0.29, 0.717) is 31.6 Å². The molecular weight excluding hydrogens is 383 g/mol. The van der Waals surface area contributed by atoms with Gasteiger partial charge in [-0.15, -0.1) is 0 Å². The molecular formula is C23H27FN4O2. The zero-order valence-electron chi connectivity index (χ0n) is 17.5. The molecule has 0 aliphatic heterocycles. The highest BCUT2D eigenvalue weighted by atomic mass is 19.1.